The first-order chi connectivity index (χ1) is 13.2. The second-order valence-electron chi connectivity index (χ2n) is 5.66. The van der Waals surface area contributed by atoms with E-state index in [-0.39, 0.29) is 5.91 Å². The Balaban J connectivity index is 1.60. The third kappa shape index (κ3) is 5.42. The van der Waals surface area contributed by atoms with E-state index in [1.165, 1.54) is 16.2 Å². The van der Waals surface area contributed by atoms with Gasteiger partial charge in [-0.1, -0.05) is 31.2 Å². The molecule has 0 radical (unpaired) electrons. The normalized spacial score (nSPS) is 10.9. The third-order valence-corrected chi connectivity index (χ3v) is 5.27. The van der Waals surface area contributed by atoms with Crippen molar-refractivity contribution in [3.05, 3.63) is 59.5 Å². The molecular formula is C20H20N4OS2. The number of hydrogen-bond donors (Lipinski definition) is 2. The average molecular weight is 397 g/mol. The number of carbonyl (C=O) groups is 1. The van der Waals surface area contributed by atoms with Crippen LogP contribution in [0.15, 0.2) is 63.9 Å². The maximum absolute atomic E-state index is 11.4. The first-order valence-electron chi connectivity index (χ1n) is 8.47. The van der Waals surface area contributed by atoms with Crippen LogP contribution in [-0.4, -0.2) is 23.4 Å². The smallest absolute Gasteiger partial charge is 0.224 e. The molecule has 5 nitrogen and oxygen atoms in total. The van der Waals surface area contributed by atoms with Crippen LogP contribution in [0.3, 0.4) is 0 Å². The topological polar surface area (TPSA) is 66.4 Å². The van der Waals surface area contributed by atoms with Gasteiger partial charge in [0.2, 0.25) is 11.0 Å². The Labute approximate surface area is 166 Å². The monoisotopic (exact) mass is 396 g/mol. The van der Waals surface area contributed by atoms with E-state index in [0.717, 1.165) is 27.6 Å². The average Bonchev–Trinajstić information content (AvgIpc) is 3.18. The summed E-state index contributed by atoms with van der Waals surface area (Å²) in [5.41, 5.74) is 6.65. The minimum atomic E-state index is 0.00356. The van der Waals surface area contributed by atoms with Gasteiger partial charge in [0.15, 0.2) is 0 Å². The highest BCUT2D eigenvalue weighted by Crippen LogP contribution is 2.26. The maximum atomic E-state index is 11.4. The fourth-order valence-electron chi connectivity index (χ4n) is 2.28. The maximum Gasteiger partial charge on any atom is 0.224 e. The molecule has 138 valence electrons. The van der Waals surface area contributed by atoms with Crippen molar-refractivity contribution in [2.24, 2.45) is 5.10 Å². The molecule has 0 aliphatic heterocycles. The van der Waals surface area contributed by atoms with E-state index < -0.39 is 0 Å². The van der Waals surface area contributed by atoms with Crippen molar-refractivity contribution in [1.82, 2.24) is 4.98 Å². The van der Waals surface area contributed by atoms with Crippen molar-refractivity contribution in [2.75, 3.05) is 17.0 Å². The van der Waals surface area contributed by atoms with Crippen LogP contribution in [0.1, 0.15) is 18.9 Å². The molecule has 0 fully saturated rings. The van der Waals surface area contributed by atoms with Gasteiger partial charge < -0.3 is 5.32 Å². The number of hydrogen-bond acceptors (Lipinski definition) is 6. The number of benzene rings is 2. The number of nitrogens with zero attached hydrogens (tertiary/aromatic N) is 2. The standard InChI is InChI=1S/C20H20N4OS2/c1-3-19(25)22-16-8-6-15(7-9-16)18-13-27-20(23-18)24-21-12-14-4-10-17(26-2)11-5-14/h4-13H,3H2,1-2H3,(H,22,25)(H,23,24). The number of thiazole rings is 1. The molecule has 2 aromatic carbocycles. The van der Waals surface area contributed by atoms with E-state index in [2.05, 4.69) is 39.2 Å². The van der Waals surface area contributed by atoms with Crippen LogP contribution < -0.4 is 10.7 Å². The highest BCUT2D eigenvalue weighted by atomic mass is 32.2. The van der Waals surface area contributed by atoms with Crippen LogP contribution in [0.5, 0.6) is 0 Å². The van der Waals surface area contributed by atoms with Crippen molar-refractivity contribution in [2.45, 2.75) is 18.2 Å². The van der Waals surface area contributed by atoms with Crippen molar-refractivity contribution in [3.63, 3.8) is 0 Å². The summed E-state index contributed by atoms with van der Waals surface area (Å²) in [5.74, 6) is 0.00356. The zero-order chi connectivity index (χ0) is 19.1. The molecule has 0 aliphatic carbocycles. The van der Waals surface area contributed by atoms with Crippen LogP contribution in [-0.2, 0) is 4.79 Å². The third-order valence-electron chi connectivity index (χ3n) is 3.78. The van der Waals surface area contributed by atoms with Gasteiger partial charge in [0.25, 0.3) is 0 Å². The van der Waals surface area contributed by atoms with Crippen molar-refractivity contribution >= 4 is 46.0 Å². The summed E-state index contributed by atoms with van der Waals surface area (Å²) in [5, 5.41) is 9.79. The molecule has 0 saturated carbocycles. The number of rotatable bonds is 7. The summed E-state index contributed by atoms with van der Waals surface area (Å²) >= 11 is 3.21. The predicted molar refractivity (Wildman–Crippen MR) is 116 cm³/mol. The quantitative estimate of drug-likeness (QED) is 0.322. The summed E-state index contributed by atoms with van der Waals surface area (Å²) in [4.78, 5) is 17.2. The predicted octanol–water partition coefficient (Wildman–Crippen LogP) is 5.33. The Morgan fingerprint density at radius 3 is 2.59 bits per heavy atom. The molecule has 0 aliphatic rings. The molecule has 7 heteroatoms. The van der Waals surface area contributed by atoms with E-state index >= 15 is 0 Å². The van der Waals surface area contributed by atoms with Gasteiger partial charge in [-0.3, -0.25) is 10.2 Å². The van der Waals surface area contributed by atoms with Crippen molar-refractivity contribution in [3.8, 4) is 11.3 Å². The highest BCUT2D eigenvalue weighted by molar-refractivity contribution is 7.98. The van der Waals surface area contributed by atoms with Crippen LogP contribution in [0.4, 0.5) is 10.8 Å². The largest absolute Gasteiger partial charge is 0.326 e. The summed E-state index contributed by atoms with van der Waals surface area (Å²) in [6, 6.07) is 15.9. The van der Waals surface area contributed by atoms with E-state index in [1.54, 1.807) is 18.0 Å². The molecule has 1 aromatic heterocycles. The minimum absolute atomic E-state index is 0.00356. The van der Waals surface area contributed by atoms with Gasteiger partial charge in [0.05, 0.1) is 11.9 Å². The molecule has 0 bridgehead atoms. The van der Waals surface area contributed by atoms with Crippen LogP contribution in [0.2, 0.25) is 0 Å². The van der Waals surface area contributed by atoms with E-state index in [0.29, 0.717) is 6.42 Å². The first kappa shape index (κ1) is 19.1. The molecule has 1 amide bonds. The second kappa shape index (κ2) is 9.34. The van der Waals surface area contributed by atoms with Gasteiger partial charge in [-0.25, -0.2) is 4.98 Å². The van der Waals surface area contributed by atoms with Gasteiger partial charge in [0, 0.05) is 27.9 Å². The van der Waals surface area contributed by atoms with Gasteiger partial charge in [-0.2, -0.15) is 5.10 Å². The Kier molecular flexibility index (Phi) is 6.62. The number of carbonyl (C=O) groups excluding carboxylic acids is 1. The van der Waals surface area contributed by atoms with Gasteiger partial charge in [-0.15, -0.1) is 23.1 Å². The molecule has 0 saturated heterocycles. The number of nitrogens with one attached hydrogen (secondary N) is 2. The SMILES string of the molecule is CCC(=O)Nc1ccc(-c2csc(NN=Cc3ccc(SC)cc3)n2)cc1. The molecule has 3 rings (SSSR count). The molecule has 0 unspecified atom stereocenters. The molecule has 27 heavy (non-hydrogen) atoms. The lowest BCUT2D eigenvalue weighted by atomic mass is 10.1. The number of aromatic nitrogens is 1. The van der Waals surface area contributed by atoms with E-state index in [9.17, 15) is 4.79 Å². The number of anilines is 2. The number of hydrazone groups is 1. The number of thioether (sulfide) groups is 1. The summed E-state index contributed by atoms with van der Waals surface area (Å²) < 4.78 is 0. The highest BCUT2D eigenvalue weighted by Gasteiger charge is 2.05. The van der Waals surface area contributed by atoms with E-state index in [1.807, 2.05) is 48.7 Å². The lowest BCUT2D eigenvalue weighted by Gasteiger charge is -2.04. The number of amides is 1. The Morgan fingerprint density at radius 2 is 1.93 bits per heavy atom. The lowest BCUT2D eigenvalue weighted by molar-refractivity contribution is -0.115. The van der Waals surface area contributed by atoms with Crippen LogP contribution >= 0.6 is 23.1 Å². The van der Waals surface area contributed by atoms with Crippen molar-refractivity contribution < 1.29 is 4.79 Å². The zero-order valence-electron chi connectivity index (χ0n) is 15.1. The second-order valence-corrected chi connectivity index (χ2v) is 7.40. The van der Waals surface area contributed by atoms with Gasteiger partial charge in [-0.05, 0) is 36.1 Å². The molecule has 0 atom stereocenters. The Hall–Kier alpha value is -2.64. The minimum Gasteiger partial charge on any atom is -0.326 e. The Morgan fingerprint density at radius 1 is 1.19 bits per heavy atom. The molecule has 3 aromatic rings. The fourth-order valence-corrected chi connectivity index (χ4v) is 3.36. The zero-order valence-corrected chi connectivity index (χ0v) is 16.7. The van der Waals surface area contributed by atoms with Gasteiger partial charge in [0.1, 0.15) is 0 Å². The summed E-state index contributed by atoms with van der Waals surface area (Å²) in [6.45, 7) is 1.83. The molecule has 1 heterocycles. The molecule has 0 spiro atoms. The molecule has 2 N–H and O–H groups in total. The van der Waals surface area contributed by atoms with Crippen LogP contribution in [0.25, 0.3) is 11.3 Å². The molecular weight excluding hydrogens is 376 g/mol. The first-order valence-corrected chi connectivity index (χ1v) is 10.6. The fraction of sp³-hybridized carbons (Fsp3) is 0.150. The van der Waals surface area contributed by atoms with Crippen molar-refractivity contribution in [1.29, 1.82) is 0 Å². The van der Waals surface area contributed by atoms with Gasteiger partial charge >= 0.3 is 0 Å². The summed E-state index contributed by atoms with van der Waals surface area (Å²) in [6.07, 6.45) is 4.29. The summed E-state index contributed by atoms with van der Waals surface area (Å²) in [7, 11) is 0. The lowest BCUT2D eigenvalue weighted by Crippen LogP contribution is -2.08. The van der Waals surface area contributed by atoms with E-state index in [4.69, 9.17) is 0 Å². The Bertz CT molecular complexity index is 918. The van der Waals surface area contributed by atoms with Crippen LogP contribution in [0, 0.1) is 0 Å².